The summed E-state index contributed by atoms with van der Waals surface area (Å²) in [5.74, 6) is 0. The van der Waals surface area contributed by atoms with E-state index in [4.69, 9.17) is 4.42 Å². The zero-order valence-corrected chi connectivity index (χ0v) is 34.8. The largest absolute Gasteiger partial charge is 0.456 e. The number of fused-ring (bicyclic) bond motifs is 3. The van der Waals surface area contributed by atoms with E-state index >= 15 is 0 Å². The minimum Gasteiger partial charge on any atom is -0.456 e. The first-order valence-corrected chi connectivity index (χ1v) is 21.7. The van der Waals surface area contributed by atoms with Gasteiger partial charge in [-0.25, -0.2) is 0 Å². The van der Waals surface area contributed by atoms with Crippen LogP contribution in [-0.2, 0) is 0 Å². The second kappa shape index (κ2) is 16.7. The zero-order chi connectivity index (χ0) is 42.0. The third-order valence-corrected chi connectivity index (χ3v) is 12.2. The predicted molar refractivity (Wildman–Crippen MR) is 265 cm³/mol. The fourth-order valence-electron chi connectivity index (χ4n) is 8.98. The molecule has 1 aromatic heterocycles. The van der Waals surface area contributed by atoms with E-state index in [1.165, 1.54) is 44.8 Å². The van der Waals surface area contributed by atoms with Crippen molar-refractivity contribution in [3.05, 3.63) is 254 Å². The molecular weight excluding hydrogens is 765 g/mol. The van der Waals surface area contributed by atoms with E-state index in [2.05, 4.69) is 259 Å². The highest BCUT2D eigenvalue weighted by Crippen LogP contribution is 2.40. The Kier molecular flexibility index (Phi) is 10.0. The van der Waals surface area contributed by atoms with Crippen LogP contribution in [0.5, 0.6) is 0 Å². The number of allylic oxidation sites excluding steroid dienone is 2. The van der Waals surface area contributed by atoms with Crippen LogP contribution in [0.4, 0.5) is 28.4 Å². The average Bonchev–Trinajstić information content (AvgIpc) is 3.74. The molecule has 0 radical (unpaired) electrons. The van der Waals surface area contributed by atoms with E-state index in [0.717, 1.165) is 56.5 Å². The molecule has 0 bridgehead atoms. The molecule has 0 aliphatic heterocycles. The molecule has 10 aromatic rings. The van der Waals surface area contributed by atoms with Gasteiger partial charge in [-0.1, -0.05) is 164 Å². The second-order valence-electron chi connectivity index (χ2n) is 16.1. The summed E-state index contributed by atoms with van der Waals surface area (Å²) in [5, 5.41) is 2.24. The van der Waals surface area contributed by atoms with E-state index in [9.17, 15) is 0 Å². The highest BCUT2D eigenvalue weighted by Gasteiger charge is 2.21. The molecule has 9 aromatic carbocycles. The van der Waals surface area contributed by atoms with Crippen molar-refractivity contribution in [3.63, 3.8) is 0 Å². The number of furan rings is 1. The fraction of sp³-hybridized carbons (Fsp3) is 0.0333. The van der Waals surface area contributed by atoms with Gasteiger partial charge in [0.05, 0.1) is 6.04 Å². The SMILES string of the molecule is C1=CC(N(c2ccccc2)c2ccc(-c3ccccc3)cc2)CC=C1c1ccc2oc3ccc(-c4ccc(N(c5ccccc5)c5ccc(-c6ccccc6)cc5)cc4)cc3c2c1. The lowest BCUT2D eigenvalue weighted by Gasteiger charge is -2.33. The average molecular weight is 809 g/mol. The van der Waals surface area contributed by atoms with Crippen LogP contribution in [0.3, 0.4) is 0 Å². The number of hydrogen-bond acceptors (Lipinski definition) is 3. The second-order valence-corrected chi connectivity index (χ2v) is 16.1. The Hall–Kier alpha value is -8.14. The molecule has 0 N–H and O–H groups in total. The van der Waals surface area contributed by atoms with Crippen LogP contribution >= 0.6 is 0 Å². The first-order valence-electron chi connectivity index (χ1n) is 21.7. The molecule has 0 spiro atoms. The topological polar surface area (TPSA) is 19.6 Å². The van der Waals surface area contributed by atoms with Crippen molar-refractivity contribution in [2.24, 2.45) is 0 Å². The van der Waals surface area contributed by atoms with Crippen LogP contribution in [0, 0.1) is 0 Å². The Morgan fingerprint density at radius 3 is 1.24 bits per heavy atom. The van der Waals surface area contributed by atoms with Gasteiger partial charge in [-0.3, -0.25) is 0 Å². The third kappa shape index (κ3) is 7.62. The minimum atomic E-state index is 0.172. The number of benzene rings is 9. The summed E-state index contributed by atoms with van der Waals surface area (Å²) in [6.45, 7) is 0. The summed E-state index contributed by atoms with van der Waals surface area (Å²) in [5.41, 5.74) is 17.0. The molecule has 1 unspecified atom stereocenters. The number of hydrogen-bond donors (Lipinski definition) is 0. The Bertz CT molecular complexity index is 3210. The highest BCUT2D eigenvalue weighted by molar-refractivity contribution is 6.07. The quantitative estimate of drug-likeness (QED) is 0.137. The maximum absolute atomic E-state index is 6.40. The lowest BCUT2D eigenvalue weighted by atomic mass is 9.94. The first-order chi connectivity index (χ1) is 31.2. The van der Waals surface area contributed by atoms with E-state index in [1.54, 1.807) is 0 Å². The van der Waals surface area contributed by atoms with Crippen LogP contribution in [-0.4, -0.2) is 6.04 Å². The lowest BCUT2D eigenvalue weighted by molar-refractivity contribution is 0.669. The molecule has 3 heteroatoms. The third-order valence-electron chi connectivity index (χ3n) is 12.2. The van der Waals surface area contributed by atoms with Gasteiger partial charge in [0.15, 0.2) is 0 Å². The van der Waals surface area contributed by atoms with Gasteiger partial charge in [0.1, 0.15) is 11.2 Å². The van der Waals surface area contributed by atoms with Gasteiger partial charge in [-0.15, -0.1) is 0 Å². The summed E-state index contributed by atoms with van der Waals surface area (Å²) >= 11 is 0. The molecule has 1 aliphatic rings. The minimum absolute atomic E-state index is 0.172. The molecule has 0 fully saturated rings. The van der Waals surface area contributed by atoms with Crippen molar-refractivity contribution in [2.75, 3.05) is 9.80 Å². The van der Waals surface area contributed by atoms with Gasteiger partial charge >= 0.3 is 0 Å². The summed E-state index contributed by atoms with van der Waals surface area (Å²) in [6, 6.07) is 82.4. The summed E-state index contributed by atoms with van der Waals surface area (Å²) in [6.07, 6.45) is 7.90. The Morgan fingerprint density at radius 2 is 0.730 bits per heavy atom. The summed E-state index contributed by atoms with van der Waals surface area (Å²) in [4.78, 5) is 4.76. The van der Waals surface area contributed by atoms with Crippen molar-refractivity contribution >= 4 is 55.9 Å². The Morgan fingerprint density at radius 1 is 0.349 bits per heavy atom. The molecule has 0 saturated heterocycles. The maximum Gasteiger partial charge on any atom is 0.135 e. The monoisotopic (exact) mass is 808 g/mol. The normalized spacial score (nSPS) is 13.5. The maximum atomic E-state index is 6.40. The van der Waals surface area contributed by atoms with Crippen LogP contribution in [0.2, 0.25) is 0 Å². The van der Waals surface area contributed by atoms with Crippen LogP contribution in [0.1, 0.15) is 12.0 Å². The van der Waals surface area contributed by atoms with Crippen molar-refractivity contribution in [1.29, 1.82) is 0 Å². The van der Waals surface area contributed by atoms with Gasteiger partial charge in [0.2, 0.25) is 0 Å². The van der Waals surface area contributed by atoms with Gasteiger partial charge in [0, 0.05) is 39.2 Å². The van der Waals surface area contributed by atoms with E-state index in [0.29, 0.717) is 0 Å². The number of para-hydroxylation sites is 2. The predicted octanol–water partition coefficient (Wildman–Crippen LogP) is 16.6. The number of anilines is 5. The lowest BCUT2D eigenvalue weighted by Crippen LogP contribution is -2.30. The molecule has 63 heavy (non-hydrogen) atoms. The Labute approximate surface area is 368 Å². The van der Waals surface area contributed by atoms with Crippen molar-refractivity contribution in [1.82, 2.24) is 0 Å². The molecule has 11 rings (SSSR count). The van der Waals surface area contributed by atoms with E-state index < -0.39 is 0 Å². The summed E-state index contributed by atoms with van der Waals surface area (Å²) < 4.78 is 6.40. The molecule has 1 heterocycles. The molecule has 1 aliphatic carbocycles. The van der Waals surface area contributed by atoms with Gasteiger partial charge in [-0.05, 0) is 136 Å². The van der Waals surface area contributed by atoms with Crippen LogP contribution in [0.15, 0.2) is 253 Å². The number of rotatable bonds is 10. The standard InChI is InChI=1S/C60H44N2O/c1-5-13-43(14-6-1)45-21-31-53(32-22-45)61(51-17-9-3-10-18-51)55-35-25-47(26-36-55)49-29-39-59-57(41-49)58-42-50(30-40-60(58)63-59)48-27-37-56(38-28-48)62(52-19-11-4-12-20-52)54-33-23-46(24-34-54)44-15-7-2-8-16-44/h1-37,39-42,56H,38H2. The smallest absolute Gasteiger partial charge is 0.135 e. The van der Waals surface area contributed by atoms with Crippen LogP contribution in [0.25, 0.3) is 60.9 Å². The number of nitrogens with zero attached hydrogens (tertiary/aromatic N) is 2. The van der Waals surface area contributed by atoms with E-state index in [-0.39, 0.29) is 6.04 Å². The van der Waals surface area contributed by atoms with Crippen molar-refractivity contribution in [3.8, 4) is 33.4 Å². The molecule has 300 valence electrons. The van der Waals surface area contributed by atoms with Crippen LogP contribution < -0.4 is 9.80 Å². The molecule has 0 saturated carbocycles. The van der Waals surface area contributed by atoms with E-state index in [1.807, 2.05) is 0 Å². The van der Waals surface area contributed by atoms with Gasteiger partial charge in [0.25, 0.3) is 0 Å². The van der Waals surface area contributed by atoms with Gasteiger partial charge < -0.3 is 14.2 Å². The zero-order valence-electron chi connectivity index (χ0n) is 34.8. The fourth-order valence-corrected chi connectivity index (χ4v) is 8.98. The van der Waals surface area contributed by atoms with Gasteiger partial charge in [-0.2, -0.15) is 0 Å². The molecular formula is C60H44N2O. The Balaban J connectivity index is 0.860. The first kappa shape index (κ1) is 37.8. The molecule has 0 amide bonds. The van der Waals surface area contributed by atoms with Crippen molar-refractivity contribution in [2.45, 2.75) is 12.5 Å². The van der Waals surface area contributed by atoms with Crippen molar-refractivity contribution < 1.29 is 4.42 Å². The summed E-state index contributed by atoms with van der Waals surface area (Å²) in [7, 11) is 0. The highest BCUT2D eigenvalue weighted by atomic mass is 16.3. The molecule has 3 nitrogen and oxygen atoms in total. The molecule has 1 atom stereocenters.